The Hall–Kier alpha value is -0.870. The van der Waals surface area contributed by atoms with Gasteiger partial charge in [-0.25, -0.2) is 0 Å². The van der Waals surface area contributed by atoms with E-state index in [4.69, 9.17) is 5.11 Å². The lowest BCUT2D eigenvalue weighted by Gasteiger charge is -2.08. The molecular formula is C20H38O4. The Morgan fingerprint density at radius 1 is 0.750 bits per heavy atom. The summed E-state index contributed by atoms with van der Waals surface area (Å²) >= 11 is 0. The first-order valence-electron chi connectivity index (χ1n) is 9.82. The average Bonchev–Trinajstić information content (AvgIpc) is 2.55. The molecule has 0 aromatic carbocycles. The van der Waals surface area contributed by atoms with E-state index in [1.165, 1.54) is 25.7 Å². The second kappa shape index (κ2) is 17.0. The van der Waals surface area contributed by atoms with E-state index in [1.807, 2.05) is 0 Å². The molecule has 24 heavy (non-hydrogen) atoms. The van der Waals surface area contributed by atoms with Crippen LogP contribution in [0.3, 0.4) is 0 Å². The predicted octanol–water partition coefficient (Wildman–Crippen LogP) is 4.83. The van der Waals surface area contributed by atoms with Gasteiger partial charge in [0.05, 0.1) is 12.2 Å². The van der Waals surface area contributed by atoms with Crippen LogP contribution in [0, 0.1) is 0 Å². The number of carboxylic acid groups (broad SMARTS) is 1. The second-order valence-corrected chi connectivity index (χ2v) is 6.78. The number of aliphatic hydroxyl groups is 2. The maximum absolute atomic E-state index is 10.4. The maximum atomic E-state index is 10.4. The van der Waals surface area contributed by atoms with Gasteiger partial charge in [-0.05, 0) is 19.3 Å². The molecule has 0 aliphatic heterocycles. The highest BCUT2D eigenvalue weighted by Gasteiger charge is 2.03. The van der Waals surface area contributed by atoms with Gasteiger partial charge in [0.1, 0.15) is 0 Å². The minimum atomic E-state index is -0.715. The van der Waals surface area contributed by atoms with Crippen molar-refractivity contribution < 1.29 is 20.1 Å². The van der Waals surface area contributed by atoms with Crippen LogP contribution >= 0.6 is 0 Å². The molecule has 0 heterocycles. The quantitative estimate of drug-likeness (QED) is 0.261. The van der Waals surface area contributed by atoms with Crippen molar-refractivity contribution in [2.24, 2.45) is 0 Å². The molecule has 4 nitrogen and oxygen atoms in total. The summed E-state index contributed by atoms with van der Waals surface area (Å²) in [6, 6.07) is 0. The highest BCUT2D eigenvalue weighted by atomic mass is 16.4. The van der Waals surface area contributed by atoms with Crippen molar-refractivity contribution in [2.75, 3.05) is 0 Å². The van der Waals surface area contributed by atoms with Crippen LogP contribution in [0.15, 0.2) is 12.2 Å². The lowest BCUT2D eigenvalue weighted by Crippen LogP contribution is -2.06. The van der Waals surface area contributed by atoms with Crippen molar-refractivity contribution in [1.82, 2.24) is 0 Å². The van der Waals surface area contributed by atoms with Gasteiger partial charge in [-0.3, -0.25) is 4.79 Å². The number of unbranched alkanes of at least 4 members (excludes halogenated alkanes) is 9. The molecule has 0 saturated heterocycles. The van der Waals surface area contributed by atoms with Crippen LogP contribution in [0.25, 0.3) is 0 Å². The van der Waals surface area contributed by atoms with Crippen molar-refractivity contribution in [3.8, 4) is 0 Å². The number of hydrogen-bond donors (Lipinski definition) is 3. The van der Waals surface area contributed by atoms with Gasteiger partial charge in [0.25, 0.3) is 0 Å². The zero-order chi connectivity index (χ0) is 18.0. The van der Waals surface area contributed by atoms with E-state index < -0.39 is 18.2 Å². The van der Waals surface area contributed by atoms with Gasteiger partial charge in [-0.15, -0.1) is 0 Å². The molecule has 0 amide bonds. The lowest BCUT2D eigenvalue weighted by atomic mass is 10.0. The summed E-state index contributed by atoms with van der Waals surface area (Å²) in [5.41, 5.74) is 0. The molecule has 0 aliphatic carbocycles. The van der Waals surface area contributed by atoms with E-state index in [0.29, 0.717) is 0 Å². The summed E-state index contributed by atoms with van der Waals surface area (Å²) in [5, 5.41) is 28.3. The second-order valence-electron chi connectivity index (χ2n) is 6.78. The first kappa shape index (κ1) is 23.1. The van der Waals surface area contributed by atoms with E-state index in [1.54, 1.807) is 12.2 Å². The van der Waals surface area contributed by atoms with Gasteiger partial charge in [-0.1, -0.05) is 83.3 Å². The largest absolute Gasteiger partial charge is 0.481 e. The number of aliphatic hydroxyl groups excluding tert-OH is 2. The number of rotatable bonds is 17. The third kappa shape index (κ3) is 17.5. The van der Waals surface area contributed by atoms with Gasteiger partial charge in [0, 0.05) is 6.42 Å². The Kier molecular flexibility index (Phi) is 16.4. The van der Waals surface area contributed by atoms with E-state index in [2.05, 4.69) is 6.92 Å². The third-order valence-corrected chi connectivity index (χ3v) is 4.30. The van der Waals surface area contributed by atoms with Crippen LogP contribution in [-0.4, -0.2) is 33.5 Å². The molecule has 142 valence electrons. The predicted molar refractivity (Wildman–Crippen MR) is 99.1 cm³/mol. The summed E-state index contributed by atoms with van der Waals surface area (Å²) in [5.74, 6) is -0.715. The summed E-state index contributed by atoms with van der Waals surface area (Å²) in [6.45, 7) is 2.19. The number of hydrogen-bond acceptors (Lipinski definition) is 3. The van der Waals surface area contributed by atoms with Crippen LogP contribution < -0.4 is 0 Å². The summed E-state index contributed by atoms with van der Waals surface area (Å²) < 4.78 is 0. The minimum Gasteiger partial charge on any atom is -0.481 e. The number of carboxylic acids is 1. The summed E-state index contributed by atoms with van der Waals surface area (Å²) in [6.07, 6.45) is 16.2. The van der Waals surface area contributed by atoms with Crippen LogP contribution in [0.2, 0.25) is 0 Å². The van der Waals surface area contributed by atoms with Crippen molar-refractivity contribution in [3.63, 3.8) is 0 Å². The lowest BCUT2D eigenvalue weighted by molar-refractivity contribution is -0.137. The molecule has 0 spiro atoms. The zero-order valence-electron chi connectivity index (χ0n) is 15.5. The molecule has 3 N–H and O–H groups in total. The molecule has 0 fully saturated rings. The molecule has 0 rings (SSSR count). The van der Waals surface area contributed by atoms with Crippen LogP contribution in [0.4, 0.5) is 0 Å². The topological polar surface area (TPSA) is 77.8 Å². The van der Waals surface area contributed by atoms with Crippen LogP contribution in [0.1, 0.15) is 96.8 Å². The Balaban J connectivity index is 3.46. The van der Waals surface area contributed by atoms with Gasteiger partial charge < -0.3 is 15.3 Å². The van der Waals surface area contributed by atoms with Crippen molar-refractivity contribution in [1.29, 1.82) is 0 Å². The van der Waals surface area contributed by atoms with Gasteiger partial charge in [0.15, 0.2) is 0 Å². The Morgan fingerprint density at radius 2 is 1.17 bits per heavy atom. The van der Waals surface area contributed by atoms with E-state index >= 15 is 0 Å². The van der Waals surface area contributed by atoms with Crippen molar-refractivity contribution >= 4 is 5.97 Å². The fraction of sp³-hybridized carbons (Fsp3) is 0.850. The van der Waals surface area contributed by atoms with Crippen molar-refractivity contribution in [3.05, 3.63) is 12.2 Å². The highest BCUT2D eigenvalue weighted by Crippen LogP contribution is 2.12. The molecule has 0 saturated carbocycles. The molecule has 0 radical (unpaired) electrons. The van der Waals surface area contributed by atoms with Crippen molar-refractivity contribution in [2.45, 2.75) is 109 Å². The summed E-state index contributed by atoms with van der Waals surface area (Å²) in [4.78, 5) is 10.4. The fourth-order valence-corrected chi connectivity index (χ4v) is 2.74. The molecule has 2 atom stereocenters. The molecular weight excluding hydrogens is 304 g/mol. The van der Waals surface area contributed by atoms with Crippen LogP contribution in [0.5, 0.6) is 0 Å². The highest BCUT2D eigenvalue weighted by molar-refractivity contribution is 5.66. The molecule has 0 aliphatic rings. The third-order valence-electron chi connectivity index (χ3n) is 4.30. The van der Waals surface area contributed by atoms with Gasteiger partial charge in [0.2, 0.25) is 0 Å². The molecule has 2 unspecified atom stereocenters. The first-order chi connectivity index (χ1) is 11.6. The van der Waals surface area contributed by atoms with Gasteiger partial charge in [-0.2, -0.15) is 0 Å². The average molecular weight is 343 g/mol. The smallest absolute Gasteiger partial charge is 0.303 e. The maximum Gasteiger partial charge on any atom is 0.303 e. The van der Waals surface area contributed by atoms with Crippen LogP contribution in [-0.2, 0) is 4.79 Å². The molecule has 0 aromatic heterocycles. The standard InChI is InChI=1S/C20H38O4/c1-2-3-4-7-10-13-18(21)16-17-19(22)14-11-8-5-6-9-12-15-20(23)24/h16-19,21-22H,2-15H2,1H3,(H,23,24)/b17-16+. The summed E-state index contributed by atoms with van der Waals surface area (Å²) in [7, 11) is 0. The van der Waals surface area contributed by atoms with Gasteiger partial charge >= 0.3 is 5.97 Å². The van der Waals surface area contributed by atoms with E-state index in [0.717, 1.165) is 57.8 Å². The zero-order valence-corrected chi connectivity index (χ0v) is 15.5. The van der Waals surface area contributed by atoms with E-state index in [-0.39, 0.29) is 6.42 Å². The minimum absolute atomic E-state index is 0.268. The number of carbonyl (C=O) groups is 1. The fourth-order valence-electron chi connectivity index (χ4n) is 2.74. The Labute approximate surface area is 148 Å². The monoisotopic (exact) mass is 342 g/mol. The SMILES string of the molecule is CCCCCCCC(O)/C=C/C(O)CCCCCCCCC(=O)O. The Bertz CT molecular complexity index is 315. The first-order valence-corrected chi connectivity index (χ1v) is 9.82. The normalized spacial score (nSPS) is 14.1. The number of aliphatic carboxylic acids is 1. The van der Waals surface area contributed by atoms with E-state index in [9.17, 15) is 15.0 Å². The molecule has 0 bridgehead atoms. The molecule has 4 heteroatoms. The Morgan fingerprint density at radius 3 is 1.62 bits per heavy atom. The molecule has 0 aromatic rings.